The highest BCUT2D eigenvalue weighted by Gasteiger charge is 2.16. The predicted octanol–water partition coefficient (Wildman–Crippen LogP) is 0.309. The molecule has 1 unspecified atom stereocenters. The van der Waals surface area contributed by atoms with E-state index in [2.05, 4.69) is 16.9 Å². The van der Waals surface area contributed by atoms with Crippen molar-refractivity contribution in [1.29, 1.82) is 0 Å². The molecule has 0 aliphatic carbocycles. The van der Waals surface area contributed by atoms with E-state index in [4.69, 9.17) is 5.11 Å². The van der Waals surface area contributed by atoms with Crippen LogP contribution in [-0.4, -0.2) is 48.1 Å². The third-order valence-electron chi connectivity index (χ3n) is 1.98. The molecule has 1 atom stereocenters. The smallest absolute Gasteiger partial charge is 0.327 e. The fraction of sp³-hybridized carbons (Fsp3) is 0.800. The van der Waals surface area contributed by atoms with Crippen LogP contribution in [0.3, 0.4) is 0 Å². The van der Waals surface area contributed by atoms with E-state index in [9.17, 15) is 9.59 Å². The minimum Gasteiger partial charge on any atom is -0.480 e. The van der Waals surface area contributed by atoms with Gasteiger partial charge in [-0.3, -0.25) is 4.79 Å². The van der Waals surface area contributed by atoms with Crippen LogP contribution in [0.1, 0.15) is 19.8 Å². The Morgan fingerprint density at radius 1 is 1.38 bits per heavy atom. The molecule has 94 valence electrons. The minimum absolute atomic E-state index is 0.272. The lowest BCUT2D eigenvalue weighted by Gasteiger charge is -2.13. The fourth-order valence-electron chi connectivity index (χ4n) is 1.19. The largest absolute Gasteiger partial charge is 0.480 e. The molecule has 0 fully saturated rings. The maximum absolute atomic E-state index is 10.7. The van der Waals surface area contributed by atoms with Gasteiger partial charge in [0.25, 0.3) is 0 Å². The molecule has 16 heavy (non-hydrogen) atoms. The van der Waals surface area contributed by atoms with Gasteiger partial charge in [-0.2, -0.15) is 11.8 Å². The normalized spacial score (nSPS) is 12.1. The fourth-order valence-corrected chi connectivity index (χ4v) is 1.68. The van der Waals surface area contributed by atoms with Gasteiger partial charge in [-0.05, 0) is 31.4 Å². The van der Waals surface area contributed by atoms with E-state index in [0.29, 0.717) is 0 Å². The molecule has 0 aromatic heterocycles. The van der Waals surface area contributed by atoms with Crippen LogP contribution in [0.15, 0.2) is 0 Å². The van der Waals surface area contributed by atoms with Crippen molar-refractivity contribution in [1.82, 2.24) is 10.6 Å². The second-order valence-corrected chi connectivity index (χ2v) is 4.48. The Bertz CT molecular complexity index is 224. The van der Waals surface area contributed by atoms with Gasteiger partial charge < -0.3 is 15.7 Å². The molecule has 0 rings (SSSR count). The van der Waals surface area contributed by atoms with Gasteiger partial charge in [0, 0.05) is 13.5 Å². The number of nitrogens with one attached hydrogen (secondary N) is 2. The number of carbonyl (C=O) groups is 2. The highest BCUT2D eigenvalue weighted by molar-refractivity contribution is 7.98. The second-order valence-electron chi connectivity index (χ2n) is 3.50. The lowest BCUT2D eigenvalue weighted by atomic mass is 10.2. The Morgan fingerprint density at radius 2 is 2.06 bits per heavy atom. The monoisotopic (exact) mass is 248 g/mol. The van der Waals surface area contributed by atoms with Crippen molar-refractivity contribution in [3.05, 3.63) is 0 Å². The number of hydrogen-bond donors (Lipinski definition) is 3. The van der Waals surface area contributed by atoms with Gasteiger partial charge in [-0.1, -0.05) is 0 Å². The van der Waals surface area contributed by atoms with Crippen molar-refractivity contribution >= 4 is 23.6 Å². The standard InChI is InChI=1S/C10H20N2O3S/c1-8(13)12-9(10(14)15)7-11-5-3-4-6-16-2/h9,11H,3-7H2,1-2H3,(H,12,13)(H,14,15). The van der Waals surface area contributed by atoms with Gasteiger partial charge in [0.2, 0.25) is 5.91 Å². The summed E-state index contributed by atoms with van der Waals surface area (Å²) in [6, 6.07) is -0.835. The average Bonchev–Trinajstić information content (AvgIpc) is 2.20. The van der Waals surface area contributed by atoms with E-state index in [1.807, 2.05) is 0 Å². The SMILES string of the molecule is CSCCCCNCC(NC(C)=O)C(=O)O. The Morgan fingerprint density at radius 3 is 2.56 bits per heavy atom. The Balaban J connectivity index is 3.60. The summed E-state index contributed by atoms with van der Waals surface area (Å²) < 4.78 is 0. The summed E-state index contributed by atoms with van der Waals surface area (Å²) in [6.07, 6.45) is 4.20. The Kier molecular flexibility index (Phi) is 9.03. The minimum atomic E-state index is -1.01. The van der Waals surface area contributed by atoms with E-state index in [0.717, 1.165) is 25.1 Å². The molecule has 6 heteroatoms. The molecule has 0 saturated heterocycles. The second kappa shape index (κ2) is 9.47. The molecule has 0 bridgehead atoms. The van der Waals surface area contributed by atoms with Crippen molar-refractivity contribution in [2.75, 3.05) is 25.1 Å². The molecule has 0 aromatic rings. The number of aliphatic carboxylic acids is 1. The molecular formula is C10H20N2O3S. The van der Waals surface area contributed by atoms with Gasteiger partial charge in [0.15, 0.2) is 0 Å². The molecule has 0 aliphatic heterocycles. The van der Waals surface area contributed by atoms with Gasteiger partial charge in [0.1, 0.15) is 6.04 Å². The summed E-state index contributed by atoms with van der Waals surface area (Å²) in [5, 5.41) is 14.2. The Labute approximate surface area is 100 Å². The van der Waals surface area contributed by atoms with Gasteiger partial charge >= 0.3 is 5.97 Å². The summed E-state index contributed by atoms with van der Waals surface area (Å²) >= 11 is 1.80. The molecule has 3 N–H and O–H groups in total. The number of rotatable bonds is 9. The van der Waals surface area contributed by atoms with E-state index in [1.165, 1.54) is 6.92 Å². The highest BCUT2D eigenvalue weighted by Crippen LogP contribution is 1.97. The van der Waals surface area contributed by atoms with Crippen LogP contribution in [0, 0.1) is 0 Å². The van der Waals surface area contributed by atoms with Crippen LogP contribution in [0.25, 0.3) is 0 Å². The number of carboxylic acids is 1. The van der Waals surface area contributed by atoms with Crippen molar-refractivity contribution in [2.45, 2.75) is 25.8 Å². The predicted molar refractivity (Wildman–Crippen MR) is 65.7 cm³/mol. The van der Waals surface area contributed by atoms with Gasteiger partial charge in [-0.25, -0.2) is 4.79 Å². The van der Waals surface area contributed by atoms with Crippen molar-refractivity contribution < 1.29 is 14.7 Å². The lowest BCUT2D eigenvalue weighted by molar-refractivity contribution is -0.141. The molecule has 5 nitrogen and oxygen atoms in total. The summed E-state index contributed by atoms with van der Waals surface area (Å²) in [5.41, 5.74) is 0. The molecule has 1 amide bonds. The molecular weight excluding hydrogens is 228 g/mol. The summed E-state index contributed by atoms with van der Waals surface area (Å²) in [7, 11) is 0. The van der Waals surface area contributed by atoms with Gasteiger partial charge in [-0.15, -0.1) is 0 Å². The van der Waals surface area contributed by atoms with E-state index in [-0.39, 0.29) is 12.5 Å². The zero-order valence-corrected chi connectivity index (χ0v) is 10.6. The van der Waals surface area contributed by atoms with Crippen LogP contribution in [-0.2, 0) is 9.59 Å². The lowest BCUT2D eigenvalue weighted by Crippen LogP contribution is -2.46. The number of amides is 1. The maximum atomic E-state index is 10.7. The van der Waals surface area contributed by atoms with Crippen LogP contribution in [0.4, 0.5) is 0 Å². The van der Waals surface area contributed by atoms with E-state index < -0.39 is 12.0 Å². The Hall–Kier alpha value is -0.750. The van der Waals surface area contributed by atoms with Gasteiger partial charge in [0.05, 0.1) is 0 Å². The zero-order valence-electron chi connectivity index (χ0n) is 9.78. The first-order valence-electron chi connectivity index (χ1n) is 5.27. The average molecular weight is 248 g/mol. The molecule has 0 saturated carbocycles. The molecule has 0 spiro atoms. The third kappa shape index (κ3) is 8.55. The number of unbranched alkanes of at least 4 members (excludes halogenated alkanes) is 1. The zero-order chi connectivity index (χ0) is 12.4. The first-order valence-corrected chi connectivity index (χ1v) is 6.67. The topological polar surface area (TPSA) is 78.4 Å². The van der Waals surface area contributed by atoms with E-state index in [1.54, 1.807) is 11.8 Å². The third-order valence-corrected chi connectivity index (χ3v) is 2.67. The first-order chi connectivity index (χ1) is 7.57. The summed E-state index contributed by atoms with van der Waals surface area (Å²) in [5.74, 6) is -0.209. The van der Waals surface area contributed by atoms with E-state index >= 15 is 0 Å². The summed E-state index contributed by atoms with van der Waals surface area (Å²) in [4.78, 5) is 21.5. The van der Waals surface area contributed by atoms with Crippen molar-refractivity contribution in [3.8, 4) is 0 Å². The van der Waals surface area contributed by atoms with Crippen LogP contribution >= 0.6 is 11.8 Å². The van der Waals surface area contributed by atoms with Crippen LogP contribution in [0.5, 0.6) is 0 Å². The maximum Gasteiger partial charge on any atom is 0.327 e. The molecule has 0 heterocycles. The van der Waals surface area contributed by atoms with Crippen molar-refractivity contribution in [2.24, 2.45) is 0 Å². The highest BCUT2D eigenvalue weighted by atomic mass is 32.2. The summed E-state index contributed by atoms with van der Waals surface area (Å²) in [6.45, 7) is 2.37. The van der Waals surface area contributed by atoms with Crippen LogP contribution < -0.4 is 10.6 Å². The molecule has 0 radical (unpaired) electrons. The number of thioether (sulfide) groups is 1. The first kappa shape index (κ1) is 15.2. The van der Waals surface area contributed by atoms with Crippen molar-refractivity contribution in [3.63, 3.8) is 0 Å². The molecule has 0 aromatic carbocycles. The number of carboxylic acid groups (broad SMARTS) is 1. The number of carbonyl (C=O) groups excluding carboxylic acids is 1. The number of hydrogen-bond acceptors (Lipinski definition) is 4. The quantitative estimate of drug-likeness (QED) is 0.512. The molecule has 0 aliphatic rings. The van der Waals surface area contributed by atoms with Crippen LogP contribution in [0.2, 0.25) is 0 Å².